The molecule has 0 aromatic carbocycles. The summed E-state index contributed by atoms with van der Waals surface area (Å²) in [4.78, 5) is 3.84. The van der Waals surface area contributed by atoms with E-state index < -0.39 is 10.0 Å². The highest BCUT2D eigenvalue weighted by Gasteiger charge is 2.23. The van der Waals surface area contributed by atoms with Crippen molar-refractivity contribution < 1.29 is 8.42 Å². The van der Waals surface area contributed by atoms with Gasteiger partial charge in [-0.2, -0.15) is 0 Å². The van der Waals surface area contributed by atoms with E-state index in [0.29, 0.717) is 6.54 Å². The van der Waals surface area contributed by atoms with Gasteiger partial charge in [-0.15, -0.1) is 0 Å². The van der Waals surface area contributed by atoms with Gasteiger partial charge in [0.15, 0.2) is 0 Å². The maximum Gasteiger partial charge on any atom is 0.245 e. The van der Waals surface area contributed by atoms with Crippen LogP contribution in [0.25, 0.3) is 0 Å². The Balaban J connectivity index is 3.08. The number of halogens is 1. The third-order valence-corrected chi connectivity index (χ3v) is 4.34. The summed E-state index contributed by atoms with van der Waals surface area (Å²) in [5, 5.41) is 0.200. The van der Waals surface area contributed by atoms with E-state index in [4.69, 9.17) is 11.6 Å². The zero-order valence-corrected chi connectivity index (χ0v) is 11.1. The van der Waals surface area contributed by atoms with Gasteiger partial charge in [0.05, 0.1) is 5.02 Å². The highest BCUT2D eigenvalue weighted by molar-refractivity contribution is 7.89. The van der Waals surface area contributed by atoms with Crippen LogP contribution < -0.4 is 0 Å². The second kappa shape index (κ2) is 5.12. The van der Waals surface area contributed by atoms with E-state index in [1.807, 2.05) is 13.8 Å². The summed E-state index contributed by atoms with van der Waals surface area (Å²) in [5.41, 5.74) is 0. The molecule has 1 heterocycles. The molecule has 0 atom stereocenters. The molecule has 0 bridgehead atoms. The number of aromatic nitrogens is 1. The zero-order chi connectivity index (χ0) is 12.3. The Morgan fingerprint density at radius 2 is 2.12 bits per heavy atom. The lowest BCUT2D eigenvalue weighted by atomic mass is 10.2. The monoisotopic (exact) mass is 262 g/mol. The first-order valence-electron chi connectivity index (χ1n) is 4.91. The van der Waals surface area contributed by atoms with Crippen molar-refractivity contribution in [3.8, 4) is 0 Å². The van der Waals surface area contributed by atoms with Gasteiger partial charge < -0.3 is 0 Å². The predicted octanol–water partition coefficient (Wildman–Crippen LogP) is 2.01. The summed E-state index contributed by atoms with van der Waals surface area (Å²) in [7, 11) is -1.99. The molecule has 6 heteroatoms. The fourth-order valence-electron chi connectivity index (χ4n) is 1.33. The van der Waals surface area contributed by atoms with Crippen molar-refractivity contribution in [3.05, 3.63) is 23.5 Å². The van der Waals surface area contributed by atoms with Gasteiger partial charge in [0.25, 0.3) is 0 Å². The van der Waals surface area contributed by atoms with Crippen LogP contribution in [0.15, 0.2) is 23.4 Å². The second-order valence-electron chi connectivity index (χ2n) is 3.99. The molecular weight excluding hydrogens is 248 g/mol. The molecular formula is C10H15ClN2O2S. The van der Waals surface area contributed by atoms with E-state index in [1.54, 1.807) is 7.05 Å². The van der Waals surface area contributed by atoms with Gasteiger partial charge in [-0.3, -0.25) is 4.98 Å². The molecule has 0 aliphatic heterocycles. The molecule has 0 saturated heterocycles. The van der Waals surface area contributed by atoms with Gasteiger partial charge in [0.1, 0.15) is 4.90 Å². The predicted molar refractivity (Wildman–Crippen MR) is 63.9 cm³/mol. The van der Waals surface area contributed by atoms with Crippen LogP contribution in [0.5, 0.6) is 0 Å². The first kappa shape index (κ1) is 13.4. The van der Waals surface area contributed by atoms with Crippen LogP contribution in [0.1, 0.15) is 13.8 Å². The van der Waals surface area contributed by atoms with Crippen LogP contribution in [-0.2, 0) is 10.0 Å². The summed E-state index contributed by atoms with van der Waals surface area (Å²) in [6, 6.07) is 1.47. The summed E-state index contributed by atoms with van der Waals surface area (Å²) < 4.78 is 25.5. The SMILES string of the molecule is CC(C)CN(C)S(=O)(=O)c1cnccc1Cl. The van der Waals surface area contributed by atoms with Crippen molar-refractivity contribution in [1.29, 1.82) is 0 Å². The summed E-state index contributed by atoms with van der Waals surface area (Å²) in [6.45, 7) is 4.36. The van der Waals surface area contributed by atoms with Crippen molar-refractivity contribution in [2.45, 2.75) is 18.7 Å². The topological polar surface area (TPSA) is 50.3 Å². The second-order valence-corrected chi connectivity index (χ2v) is 6.41. The van der Waals surface area contributed by atoms with Crippen LogP contribution in [0, 0.1) is 5.92 Å². The maximum absolute atomic E-state index is 12.1. The van der Waals surface area contributed by atoms with E-state index in [9.17, 15) is 8.42 Å². The summed E-state index contributed by atoms with van der Waals surface area (Å²) in [5.74, 6) is 0.259. The fourth-order valence-corrected chi connectivity index (χ4v) is 3.07. The van der Waals surface area contributed by atoms with Gasteiger partial charge in [-0.05, 0) is 12.0 Å². The van der Waals surface area contributed by atoms with E-state index in [1.165, 1.54) is 22.8 Å². The third kappa shape index (κ3) is 2.93. The molecule has 0 fully saturated rings. The Kier molecular flexibility index (Phi) is 4.29. The highest BCUT2D eigenvalue weighted by atomic mass is 35.5. The quantitative estimate of drug-likeness (QED) is 0.834. The third-order valence-electron chi connectivity index (χ3n) is 2.04. The number of hydrogen-bond acceptors (Lipinski definition) is 3. The summed E-state index contributed by atoms with van der Waals surface area (Å²) >= 11 is 5.84. The molecule has 0 spiro atoms. The molecule has 0 aliphatic rings. The molecule has 0 amide bonds. The average Bonchev–Trinajstić information content (AvgIpc) is 2.16. The number of sulfonamides is 1. The Bertz CT molecular complexity index is 460. The van der Waals surface area contributed by atoms with Crippen LogP contribution in [0.3, 0.4) is 0 Å². The lowest BCUT2D eigenvalue weighted by Crippen LogP contribution is -2.30. The molecule has 0 N–H and O–H groups in total. The van der Waals surface area contributed by atoms with Crippen molar-refractivity contribution in [3.63, 3.8) is 0 Å². The lowest BCUT2D eigenvalue weighted by Gasteiger charge is -2.19. The molecule has 16 heavy (non-hydrogen) atoms. The first-order valence-corrected chi connectivity index (χ1v) is 6.73. The Morgan fingerprint density at radius 3 is 2.62 bits per heavy atom. The number of rotatable bonds is 4. The minimum Gasteiger partial charge on any atom is -0.263 e. The molecule has 0 aliphatic carbocycles. The number of hydrogen-bond donors (Lipinski definition) is 0. The van der Waals surface area contributed by atoms with Crippen molar-refractivity contribution >= 4 is 21.6 Å². The van der Waals surface area contributed by atoms with Gasteiger partial charge in [-0.25, -0.2) is 12.7 Å². The van der Waals surface area contributed by atoms with Crippen molar-refractivity contribution in [1.82, 2.24) is 9.29 Å². The Labute approximate surface area is 101 Å². The summed E-state index contributed by atoms with van der Waals surface area (Å²) in [6.07, 6.45) is 2.73. The van der Waals surface area contributed by atoms with Crippen molar-refractivity contribution in [2.75, 3.05) is 13.6 Å². The van der Waals surface area contributed by atoms with Crippen molar-refractivity contribution in [2.24, 2.45) is 5.92 Å². The van der Waals surface area contributed by atoms with Gasteiger partial charge in [0, 0.05) is 26.0 Å². The number of nitrogens with zero attached hydrogens (tertiary/aromatic N) is 2. The molecule has 4 nitrogen and oxygen atoms in total. The lowest BCUT2D eigenvalue weighted by molar-refractivity contribution is 0.417. The largest absolute Gasteiger partial charge is 0.263 e. The Morgan fingerprint density at radius 1 is 1.50 bits per heavy atom. The molecule has 90 valence electrons. The number of pyridine rings is 1. The maximum atomic E-state index is 12.1. The molecule has 1 rings (SSSR count). The van der Waals surface area contributed by atoms with Gasteiger partial charge in [-0.1, -0.05) is 25.4 Å². The first-order chi connectivity index (χ1) is 7.35. The minimum absolute atomic E-state index is 0.0554. The van der Waals surface area contributed by atoms with Crippen LogP contribution in [0.2, 0.25) is 5.02 Å². The van der Waals surface area contributed by atoms with Gasteiger partial charge >= 0.3 is 0 Å². The average molecular weight is 263 g/mol. The van der Waals surface area contributed by atoms with Crippen LogP contribution in [0.4, 0.5) is 0 Å². The van der Waals surface area contributed by atoms with Crippen LogP contribution >= 0.6 is 11.6 Å². The molecule has 0 unspecified atom stereocenters. The van der Waals surface area contributed by atoms with E-state index >= 15 is 0 Å². The smallest absolute Gasteiger partial charge is 0.245 e. The molecule has 1 aromatic heterocycles. The molecule has 1 aromatic rings. The zero-order valence-electron chi connectivity index (χ0n) is 9.51. The van der Waals surface area contributed by atoms with Crippen LogP contribution in [-0.4, -0.2) is 31.3 Å². The normalized spacial score (nSPS) is 12.4. The fraction of sp³-hybridized carbons (Fsp3) is 0.500. The Hall–Kier alpha value is -0.650. The molecule has 0 radical (unpaired) electrons. The van der Waals surface area contributed by atoms with E-state index in [0.717, 1.165) is 0 Å². The van der Waals surface area contributed by atoms with E-state index in [2.05, 4.69) is 4.98 Å². The van der Waals surface area contributed by atoms with E-state index in [-0.39, 0.29) is 15.8 Å². The molecule has 0 saturated carbocycles. The van der Waals surface area contributed by atoms with Gasteiger partial charge in [0.2, 0.25) is 10.0 Å². The minimum atomic E-state index is -3.53. The standard InChI is InChI=1S/C10H15ClN2O2S/c1-8(2)7-13(3)16(14,15)10-6-12-5-4-9(10)11/h4-6,8H,7H2,1-3H3. The highest BCUT2D eigenvalue weighted by Crippen LogP contribution is 2.22.